The molecule has 0 rings (SSSR count). The molecule has 0 aliphatic heterocycles. The van der Waals surface area contributed by atoms with Gasteiger partial charge in [0, 0.05) is 21.8 Å². The minimum absolute atomic E-state index is 0.00981. The van der Waals surface area contributed by atoms with Crippen LogP contribution in [0.5, 0.6) is 0 Å². The number of hydrazine groups is 1. The third-order valence-corrected chi connectivity index (χ3v) is 3.53. The number of ether oxygens (including phenoxy) is 2. The Morgan fingerprint density at radius 2 is 1.93 bits per heavy atom. The average molecular weight is 220 g/mol. The summed E-state index contributed by atoms with van der Waals surface area (Å²) < 4.78 is 10.4. The molecule has 5 heteroatoms. The van der Waals surface area contributed by atoms with Crippen molar-refractivity contribution >= 4 is 8.07 Å². The highest BCUT2D eigenvalue weighted by atomic mass is 28.3. The van der Waals surface area contributed by atoms with Crippen molar-refractivity contribution in [2.45, 2.75) is 38.8 Å². The van der Waals surface area contributed by atoms with E-state index in [1.807, 2.05) is 6.92 Å². The van der Waals surface area contributed by atoms with Crippen LogP contribution in [0, 0.1) is 0 Å². The second-order valence-corrected chi connectivity index (χ2v) is 10.2. The van der Waals surface area contributed by atoms with Crippen LogP contribution < -0.4 is 10.9 Å². The Bertz CT molecular complexity index is 139. The molecule has 0 saturated carbocycles. The highest BCUT2D eigenvalue weighted by Crippen LogP contribution is 2.06. The average Bonchev–Trinajstić information content (AvgIpc) is 2.08. The van der Waals surface area contributed by atoms with Gasteiger partial charge in [-0.25, -0.2) is 10.9 Å². The first-order chi connectivity index (χ1) is 6.45. The molecule has 0 aliphatic carbocycles. The van der Waals surface area contributed by atoms with E-state index >= 15 is 0 Å². The van der Waals surface area contributed by atoms with E-state index < -0.39 is 8.07 Å². The third kappa shape index (κ3) is 10.1. The van der Waals surface area contributed by atoms with Gasteiger partial charge in [-0.05, 0) is 13.0 Å². The van der Waals surface area contributed by atoms with E-state index in [2.05, 4.69) is 30.5 Å². The van der Waals surface area contributed by atoms with Gasteiger partial charge in [0.1, 0.15) is 13.0 Å². The molecule has 1 atom stereocenters. The Balaban J connectivity index is 3.14. The van der Waals surface area contributed by atoms with Crippen LogP contribution in [-0.2, 0) is 9.47 Å². The van der Waals surface area contributed by atoms with Crippen molar-refractivity contribution in [3.63, 3.8) is 0 Å². The van der Waals surface area contributed by atoms with Gasteiger partial charge in [0.2, 0.25) is 0 Å². The first kappa shape index (κ1) is 14.1. The minimum Gasteiger partial charge on any atom is -0.366 e. The van der Waals surface area contributed by atoms with E-state index in [1.165, 1.54) is 6.04 Å². The molecule has 4 nitrogen and oxygen atoms in total. The maximum atomic E-state index is 5.41. The first-order valence-electron chi connectivity index (χ1n) is 5.04. The van der Waals surface area contributed by atoms with Gasteiger partial charge >= 0.3 is 0 Å². The van der Waals surface area contributed by atoms with Gasteiger partial charge in [-0.3, -0.25) is 0 Å². The smallest absolute Gasteiger partial charge is 0.117 e. The SMILES string of the molecule is COC(C)NNCOCC[Si](C)(C)C. The summed E-state index contributed by atoms with van der Waals surface area (Å²) in [7, 11) is 0.714. The summed E-state index contributed by atoms with van der Waals surface area (Å²) in [5, 5.41) is 0. The van der Waals surface area contributed by atoms with Crippen LogP contribution in [0.25, 0.3) is 0 Å². The molecule has 0 aromatic heterocycles. The predicted octanol–water partition coefficient (Wildman–Crippen LogP) is 1.39. The number of hydrogen-bond donors (Lipinski definition) is 2. The monoisotopic (exact) mass is 220 g/mol. The van der Waals surface area contributed by atoms with Crippen molar-refractivity contribution in [1.29, 1.82) is 0 Å². The summed E-state index contributed by atoms with van der Waals surface area (Å²) in [5.74, 6) is 0. The van der Waals surface area contributed by atoms with Crippen LogP contribution in [0.3, 0.4) is 0 Å². The molecule has 0 spiro atoms. The second-order valence-electron chi connectivity index (χ2n) is 4.56. The number of nitrogens with one attached hydrogen (secondary N) is 2. The Labute approximate surface area is 88.3 Å². The zero-order valence-corrected chi connectivity index (χ0v) is 11.0. The zero-order chi connectivity index (χ0) is 11.0. The van der Waals surface area contributed by atoms with E-state index in [0.29, 0.717) is 6.73 Å². The number of rotatable bonds is 8. The predicted molar refractivity (Wildman–Crippen MR) is 61.7 cm³/mol. The van der Waals surface area contributed by atoms with E-state index in [1.54, 1.807) is 7.11 Å². The molecule has 0 amide bonds. The van der Waals surface area contributed by atoms with Crippen molar-refractivity contribution in [3.05, 3.63) is 0 Å². The Morgan fingerprint density at radius 1 is 1.29 bits per heavy atom. The first-order valence-corrected chi connectivity index (χ1v) is 8.75. The molecule has 0 fully saturated rings. The zero-order valence-electron chi connectivity index (χ0n) is 10.0. The fourth-order valence-electron chi connectivity index (χ4n) is 0.746. The Hall–Kier alpha value is 0.0569. The van der Waals surface area contributed by atoms with Crippen LogP contribution >= 0.6 is 0 Å². The topological polar surface area (TPSA) is 42.5 Å². The summed E-state index contributed by atoms with van der Waals surface area (Å²) in [6.45, 7) is 10.3. The fourth-order valence-corrected chi connectivity index (χ4v) is 1.50. The molecule has 2 N–H and O–H groups in total. The maximum absolute atomic E-state index is 5.41. The van der Waals surface area contributed by atoms with Crippen LogP contribution in [0.15, 0.2) is 0 Å². The molecular formula is C9H24N2O2Si. The van der Waals surface area contributed by atoms with E-state index in [4.69, 9.17) is 9.47 Å². The van der Waals surface area contributed by atoms with Gasteiger partial charge in [-0.1, -0.05) is 19.6 Å². The van der Waals surface area contributed by atoms with Crippen LogP contribution in [-0.4, -0.2) is 34.7 Å². The maximum Gasteiger partial charge on any atom is 0.117 e. The second kappa shape index (κ2) is 7.36. The van der Waals surface area contributed by atoms with Crippen molar-refractivity contribution in [1.82, 2.24) is 10.9 Å². The van der Waals surface area contributed by atoms with Crippen molar-refractivity contribution in [2.24, 2.45) is 0 Å². The molecule has 0 aromatic rings. The molecule has 0 saturated heterocycles. The fraction of sp³-hybridized carbons (Fsp3) is 1.00. The van der Waals surface area contributed by atoms with Crippen LogP contribution in [0.4, 0.5) is 0 Å². The van der Waals surface area contributed by atoms with Crippen molar-refractivity contribution in [2.75, 3.05) is 20.4 Å². The van der Waals surface area contributed by atoms with Crippen LogP contribution in [0.1, 0.15) is 6.92 Å². The summed E-state index contributed by atoms with van der Waals surface area (Å²) in [4.78, 5) is 0. The normalized spacial score (nSPS) is 14.4. The lowest BCUT2D eigenvalue weighted by atomic mass is 10.7. The van der Waals surface area contributed by atoms with E-state index in [9.17, 15) is 0 Å². The number of methoxy groups -OCH3 is 1. The lowest BCUT2D eigenvalue weighted by Gasteiger charge is -2.16. The van der Waals surface area contributed by atoms with E-state index in [0.717, 1.165) is 6.61 Å². The van der Waals surface area contributed by atoms with Crippen molar-refractivity contribution < 1.29 is 9.47 Å². The number of hydrogen-bond acceptors (Lipinski definition) is 4. The third-order valence-electron chi connectivity index (χ3n) is 1.83. The molecular weight excluding hydrogens is 196 g/mol. The van der Waals surface area contributed by atoms with Crippen LogP contribution in [0.2, 0.25) is 25.7 Å². The highest BCUT2D eigenvalue weighted by Gasteiger charge is 2.11. The highest BCUT2D eigenvalue weighted by molar-refractivity contribution is 6.76. The molecule has 0 bridgehead atoms. The van der Waals surface area contributed by atoms with E-state index in [-0.39, 0.29) is 6.23 Å². The molecule has 0 aliphatic rings. The summed E-state index contributed by atoms with van der Waals surface area (Å²) in [6, 6.07) is 1.20. The largest absolute Gasteiger partial charge is 0.366 e. The summed E-state index contributed by atoms with van der Waals surface area (Å²) >= 11 is 0. The molecule has 0 heterocycles. The van der Waals surface area contributed by atoms with Gasteiger partial charge < -0.3 is 9.47 Å². The van der Waals surface area contributed by atoms with Gasteiger partial charge in [-0.2, -0.15) is 0 Å². The molecule has 86 valence electrons. The van der Waals surface area contributed by atoms with Crippen molar-refractivity contribution in [3.8, 4) is 0 Å². The Kier molecular flexibility index (Phi) is 7.39. The minimum atomic E-state index is -0.944. The molecule has 1 unspecified atom stereocenters. The Morgan fingerprint density at radius 3 is 2.43 bits per heavy atom. The van der Waals surface area contributed by atoms with Gasteiger partial charge in [0.05, 0.1) is 0 Å². The summed E-state index contributed by atoms with van der Waals surface area (Å²) in [6.07, 6.45) is 0.00981. The van der Waals surface area contributed by atoms with Gasteiger partial charge in [-0.15, -0.1) is 0 Å². The standard InChI is InChI=1S/C9H24N2O2Si/c1-9(12-2)11-10-8-13-6-7-14(3,4)5/h9-11H,6-8H2,1-5H3. The van der Waals surface area contributed by atoms with Gasteiger partial charge in [0.25, 0.3) is 0 Å². The summed E-state index contributed by atoms with van der Waals surface area (Å²) in [5.41, 5.74) is 5.88. The quantitative estimate of drug-likeness (QED) is 0.281. The lowest BCUT2D eigenvalue weighted by Crippen LogP contribution is -2.41. The molecule has 0 radical (unpaired) electrons. The molecule has 0 aromatic carbocycles. The molecule has 14 heavy (non-hydrogen) atoms. The lowest BCUT2D eigenvalue weighted by molar-refractivity contribution is 0.0468. The van der Waals surface area contributed by atoms with Gasteiger partial charge in [0.15, 0.2) is 0 Å².